The lowest BCUT2D eigenvalue weighted by Crippen LogP contribution is -2.43. The van der Waals surface area contributed by atoms with E-state index in [1.807, 2.05) is 0 Å². The largest absolute Gasteiger partial charge is 0.481 e. The van der Waals surface area contributed by atoms with Gasteiger partial charge in [-0.1, -0.05) is 18.2 Å². The Morgan fingerprint density at radius 3 is 2.62 bits per heavy atom. The first-order valence-corrected chi connectivity index (χ1v) is 3.58. The monoisotopic (exact) mass is 207 g/mol. The van der Waals surface area contributed by atoms with Crippen LogP contribution in [-0.2, 0) is 4.79 Å². The van der Waals surface area contributed by atoms with Gasteiger partial charge in [-0.25, -0.2) is 4.39 Å². The average molecular weight is 208 g/mol. The minimum Gasteiger partial charge on any atom is -0.481 e. The van der Waals surface area contributed by atoms with Gasteiger partial charge in [0.2, 0.25) is 0 Å². The Hall–Kier alpha value is -0.870. The van der Waals surface area contributed by atoms with Crippen molar-refractivity contribution in [1.82, 2.24) is 0 Å². The summed E-state index contributed by atoms with van der Waals surface area (Å²) in [5.41, 5.74) is 3.21. The van der Waals surface area contributed by atoms with E-state index in [4.69, 9.17) is 10.8 Å². The first-order chi connectivity index (χ1) is 5.60. The fourth-order valence-electron chi connectivity index (χ4n) is 1.14. The highest BCUT2D eigenvalue weighted by molar-refractivity contribution is 5.85. The molecule has 13 heavy (non-hydrogen) atoms. The van der Waals surface area contributed by atoms with Crippen molar-refractivity contribution in [1.29, 1.82) is 0 Å². The molecular weight excluding hydrogens is 197 g/mol. The quantitative estimate of drug-likeness (QED) is 0.707. The van der Waals surface area contributed by atoms with Gasteiger partial charge in [0.05, 0.1) is 0 Å². The van der Waals surface area contributed by atoms with E-state index in [2.05, 4.69) is 0 Å². The molecule has 0 aromatic carbocycles. The Morgan fingerprint density at radius 2 is 2.23 bits per heavy atom. The van der Waals surface area contributed by atoms with Crippen LogP contribution in [0.15, 0.2) is 24.3 Å². The summed E-state index contributed by atoms with van der Waals surface area (Å²) >= 11 is 0. The molecule has 0 radical (unpaired) electrons. The molecule has 0 amide bonds. The summed E-state index contributed by atoms with van der Waals surface area (Å²) in [5.74, 6) is -2.35. The van der Waals surface area contributed by atoms with Gasteiger partial charge in [-0.3, -0.25) is 4.79 Å². The molecule has 3 nitrogen and oxygen atoms in total. The van der Waals surface area contributed by atoms with Crippen molar-refractivity contribution < 1.29 is 14.3 Å². The van der Waals surface area contributed by atoms with Crippen molar-refractivity contribution in [3.8, 4) is 0 Å². The Kier molecular flexibility index (Phi) is 4.10. The van der Waals surface area contributed by atoms with Gasteiger partial charge in [0.15, 0.2) is 5.67 Å². The SMILES string of the molecule is Cl.NCC1(F)C=CC=CC1C(=O)O. The molecule has 0 aliphatic heterocycles. The summed E-state index contributed by atoms with van der Waals surface area (Å²) in [6.07, 6.45) is 5.46. The van der Waals surface area contributed by atoms with Crippen LogP contribution >= 0.6 is 12.4 Å². The molecule has 1 aliphatic carbocycles. The molecule has 1 aliphatic rings. The van der Waals surface area contributed by atoms with Gasteiger partial charge in [-0.05, 0) is 6.08 Å². The Balaban J connectivity index is 0.00000144. The topological polar surface area (TPSA) is 63.3 Å². The van der Waals surface area contributed by atoms with E-state index in [1.54, 1.807) is 0 Å². The fourth-order valence-corrected chi connectivity index (χ4v) is 1.14. The van der Waals surface area contributed by atoms with Crippen LogP contribution in [0.4, 0.5) is 4.39 Å². The van der Waals surface area contributed by atoms with E-state index in [-0.39, 0.29) is 19.0 Å². The van der Waals surface area contributed by atoms with E-state index in [0.29, 0.717) is 0 Å². The first-order valence-electron chi connectivity index (χ1n) is 3.58. The lowest BCUT2D eigenvalue weighted by Gasteiger charge is -2.26. The maximum absolute atomic E-state index is 13.6. The third-order valence-electron chi connectivity index (χ3n) is 1.88. The summed E-state index contributed by atoms with van der Waals surface area (Å²) in [4.78, 5) is 10.5. The van der Waals surface area contributed by atoms with E-state index in [0.717, 1.165) is 0 Å². The molecule has 0 fully saturated rings. The van der Waals surface area contributed by atoms with Gasteiger partial charge < -0.3 is 10.8 Å². The maximum atomic E-state index is 13.6. The number of hydrogen-bond acceptors (Lipinski definition) is 2. The first kappa shape index (κ1) is 12.1. The van der Waals surface area contributed by atoms with Gasteiger partial charge >= 0.3 is 5.97 Å². The van der Waals surface area contributed by atoms with Crippen LogP contribution in [0, 0.1) is 5.92 Å². The average Bonchev–Trinajstić information content (AvgIpc) is 2.05. The third kappa shape index (κ3) is 2.29. The van der Waals surface area contributed by atoms with E-state index in [1.165, 1.54) is 24.3 Å². The second-order valence-electron chi connectivity index (χ2n) is 2.69. The predicted octanol–water partition coefficient (Wildman–Crippen LogP) is 0.902. The van der Waals surface area contributed by atoms with Crippen molar-refractivity contribution in [2.24, 2.45) is 11.7 Å². The standard InChI is InChI=1S/C8H10FNO2.ClH/c9-8(5-10)4-2-1-3-6(8)7(11)12;/h1-4,6H,5,10H2,(H,11,12);1H. The molecule has 0 aromatic heterocycles. The molecule has 0 spiro atoms. The molecule has 0 saturated carbocycles. The van der Waals surface area contributed by atoms with Crippen LogP contribution in [0.5, 0.6) is 0 Å². The second kappa shape index (κ2) is 4.39. The molecule has 2 atom stereocenters. The highest BCUT2D eigenvalue weighted by atomic mass is 35.5. The predicted molar refractivity (Wildman–Crippen MR) is 49.5 cm³/mol. The third-order valence-corrected chi connectivity index (χ3v) is 1.88. The van der Waals surface area contributed by atoms with Gasteiger partial charge in [0.1, 0.15) is 5.92 Å². The van der Waals surface area contributed by atoms with Crippen molar-refractivity contribution in [3.63, 3.8) is 0 Å². The van der Waals surface area contributed by atoms with E-state index < -0.39 is 17.6 Å². The Morgan fingerprint density at radius 1 is 1.62 bits per heavy atom. The number of alkyl halides is 1. The number of nitrogens with two attached hydrogens (primary N) is 1. The highest BCUT2D eigenvalue weighted by Gasteiger charge is 2.39. The molecule has 3 N–H and O–H groups in total. The lowest BCUT2D eigenvalue weighted by molar-refractivity contribution is -0.143. The molecular formula is C8H11ClFNO2. The van der Waals surface area contributed by atoms with Gasteiger partial charge in [-0.2, -0.15) is 0 Å². The van der Waals surface area contributed by atoms with Crippen LogP contribution in [-0.4, -0.2) is 23.3 Å². The molecule has 2 unspecified atom stereocenters. The molecule has 1 rings (SSSR count). The van der Waals surface area contributed by atoms with Crippen LogP contribution in [0.3, 0.4) is 0 Å². The summed E-state index contributed by atoms with van der Waals surface area (Å²) in [5, 5.41) is 8.62. The van der Waals surface area contributed by atoms with Crippen LogP contribution in [0.2, 0.25) is 0 Å². The van der Waals surface area contributed by atoms with Crippen molar-refractivity contribution in [2.75, 3.05) is 6.54 Å². The minimum atomic E-state index is -1.93. The van der Waals surface area contributed by atoms with Crippen LogP contribution in [0.1, 0.15) is 0 Å². The molecule has 0 heterocycles. The van der Waals surface area contributed by atoms with E-state index in [9.17, 15) is 9.18 Å². The van der Waals surface area contributed by atoms with Gasteiger partial charge in [-0.15, -0.1) is 12.4 Å². The Labute approximate surface area is 81.5 Å². The zero-order chi connectivity index (χ0) is 9.19. The normalized spacial score (nSPS) is 31.1. The molecule has 0 bridgehead atoms. The van der Waals surface area contributed by atoms with Crippen LogP contribution in [0.25, 0.3) is 0 Å². The summed E-state index contributed by atoms with van der Waals surface area (Å²) in [6.45, 7) is -0.315. The minimum absolute atomic E-state index is 0. The van der Waals surface area contributed by atoms with Crippen LogP contribution < -0.4 is 5.73 Å². The molecule has 0 saturated heterocycles. The summed E-state index contributed by atoms with van der Waals surface area (Å²) in [7, 11) is 0. The summed E-state index contributed by atoms with van der Waals surface area (Å²) < 4.78 is 13.6. The number of halogens is 2. The van der Waals surface area contributed by atoms with E-state index >= 15 is 0 Å². The molecule has 74 valence electrons. The zero-order valence-corrected chi connectivity index (χ0v) is 7.63. The fraction of sp³-hybridized carbons (Fsp3) is 0.375. The zero-order valence-electron chi connectivity index (χ0n) is 6.81. The summed E-state index contributed by atoms with van der Waals surface area (Å²) in [6, 6.07) is 0. The second-order valence-corrected chi connectivity index (χ2v) is 2.69. The maximum Gasteiger partial charge on any atom is 0.314 e. The van der Waals surface area contributed by atoms with Crippen molar-refractivity contribution in [3.05, 3.63) is 24.3 Å². The lowest BCUT2D eigenvalue weighted by atomic mass is 9.85. The number of hydrogen-bond donors (Lipinski definition) is 2. The number of carboxylic acids is 1. The molecule has 0 aromatic rings. The number of rotatable bonds is 2. The Bertz CT molecular complexity index is 255. The molecule has 5 heteroatoms. The number of allylic oxidation sites excluding steroid dienone is 2. The highest BCUT2D eigenvalue weighted by Crippen LogP contribution is 2.27. The van der Waals surface area contributed by atoms with Crippen molar-refractivity contribution >= 4 is 18.4 Å². The van der Waals surface area contributed by atoms with Gasteiger partial charge in [0, 0.05) is 6.54 Å². The van der Waals surface area contributed by atoms with Gasteiger partial charge in [0.25, 0.3) is 0 Å². The smallest absolute Gasteiger partial charge is 0.314 e. The number of aliphatic carboxylic acids is 1. The number of carboxylic acid groups (broad SMARTS) is 1. The van der Waals surface area contributed by atoms with Crippen molar-refractivity contribution in [2.45, 2.75) is 5.67 Å². The number of carbonyl (C=O) groups is 1.